The molecule has 2 rings (SSSR count). The summed E-state index contributed by atoms with van der Waals surface area (Å²) in [6, 6.07) is 9.08. The second-order valence-corrected chi connectivity index (χ2v) is 5.33. The first-order valence-electron chi connectivity index (χ1n) is 6.24. The molecule has 3 N–H and O–H groups in total. The molecular formula is C15H12Cl2N2O3. The van der Waals surface area contributed by atoms with Crippen LogP contribution in [0.1, 0.15) is 5.56 Å². The Kier molecular flexibility index (Phi) is 4.90. The van der Waals surface area contributed by atoms with Crippen molar-refractivity contribution in [2.24, 2.45) is 0 Å². The van der Waals surface area contributed by atoms with Crippen LogP contribution in [0.4, 0.5) is 11.4 Å². The highest BCUT2D eigenvalue weighted by atomic mass is 35.5. The van der Waals surface area contributed by atoms with Gasteiger partial charge in [-0.15, -0.1) is 0 Å². The van der Waals surface area contributed by atoms with Gasteiger partial charge in [0.05, 0.1) is 5.69 Å². The summed E-state index contributed by atoms with van der Waals surface area (Å²) >= 11 is 11.7. The lowest BCUT2D eigenvalue weighted by Gasteiger charge is -2.10. The summed E-state index contributed by atoms with van der Waals surface area (Å²) in [5.41, 5.74) is 1.13. The number of phenols is 1. The highest BCUT2D eigenvalue weighted by Crippen LogP contribution is 2.27. The van der Waals surface area contributed by atoms with Gasteiger partial charge in [-0.2, -0.15) is 0 Å². The van der Waals surface area contributed by atoms with Crippen molar-refractivity contribution in [2.75, 3.05) is 10.6 Å². The van der Waals surface area contributed by atoms with E-state index in [4.69, 9.17) is 23.2 Å². The lowest BCUT2D eigenvalue weighted by Crippen LogP contribution is -2.29. The maximum absolute atomic E-state index is 11.9. The number of rotatable bonds is 2. The number of anilines is 2. The maximum Gasteiger partial charge on any atom is 0.314 e. The van der Waals surface area contributed by atoms with Crippen LogP contribution in [0.2, 0.25) is 10.0 Å². The molecule has 2 aromatic rings. The van der Waals surface area contributed by atoms with E-state index in [9.17, 15) is 14.7 Å². The number of phenolic OH excluding ortho intramolecular Hbond substituents is 1. The molecule has 0 aromatic heterocycles. The first kappa shape index (κ1) is 16.1. The minimum Gasteiger partial charge on any atom is -0.506 e. The van der Waals surface area contributed by atoms with Crippen molar-refractivity contribution in [3.05, 3.63) is 52.0 Å². The number of hydrogen-bond acceptors (Lipinski definition) is 3. The van der Waals surface area contributed by atoms with Gasteiger partial charge in [-0.3, -0.25) is 9.59 Å². The molecule has 0 fully saturated rings. The molecule has 0 spiro atoms. The molecule has 0 heterocycles. The molecule has 0 unspecified atom stereocenters. The van der Waals surface area contributed by atoms with Crippen molar-refractivity contribution in [1.29, 1.82) is 0 Å². The minimum absolute atomic E-state index is 0.0514. The summed E-state index contributed by atoms with van der Waals surface area (Å²) < 4.78 is 0. The monoisotopic (exact) mass is 338 g/mol. The van der Waals surface area contributed by atoms with E-state index >= 15 is 0 Å². The normalized spacial score (nSPS) is 10.1. The molecule has 22 heavy (non-hydrogen) atoms. The Labute approximate surface area is 136 Å². The predicted octanol–water partition coefficient (Wildman–Crippen LogP) is 3.58. The molecule has 0 saturated heterocycles. The van der Waals surface area contributed by atoms with E-state index in [2.05, 4.69) is 10.6 Å². The molecule has 0 atom stereocenters. The third-order valence-corrected chi connectivity index (χ3v) is 3.57. The fraction of sp³-hybridized carbons (Fsp3) is 0.0667. The molecule has 0 radical (unpaired) electrons. The molecule has 114 valence electrons. The van der Waals surface area contributed by atoms with Gasteiger partial charge in [0.1, 0.15) is 5.75 Å². The van der Waals surface area contributed by atoms with E-state index in [1.54, 1.807) is 25.1 Å². The lowest BCUT2D eigenvalue weighted by atomic mass is 10.2. The number of halogens is 2. The van der Waals surface area contributed by atoms with Gasteiger partial charge in [0.15, 0.2) is 0 Å². The van der Waals surface area contributed by atoms with Crippen LogP contribution in [0.15, 0.2) is 36.4 Å². The van der Waals surface area contributed by atoms with Gasteiger partial charge in [-0.05, 0) is 42.8 Å². The topological polar surface area (TPSA) is 78.4 Å². The van der Waals surface area contributed by atoms with E-state index in [0.717, 1.165) is 0 Å². The average molecular weight is 339 g/mol. The average Bonchev–Trinajstić information content (AvgIpc) is 2.47. The Morgan fingerprint density at radius 3 is 2.32 bits per heavy atom. The SMILES string of the molecule is Cc1c(Cl)cccc1NC(=O)C(=O)Nc1cc(Cl)ccc1O. The molecule has 0 bridgehead atoms. The van der Waals surface area contributed by atoms with Gasteiger partial charge in [0.25, 0.3) is 0 Å². The predicted molar refractivity (Wildman–Crippen MR) is 86.6 cm³/mol. The zero-order valence-electron chi connectivity index (χ0n) is 11.5. The minimum atomic E-state index is -0.933. The molecule has 7 heteroatoms. The third-order valence-electron chi connectivity index (χ3n) is 2.93. The van der Waals surface area contributed by atoms with Crippen LogP contribution in [0.3, 0.4) is 0 Å². The Bertz CT molecular complexity index is 734. The lowest BCUT2D eigenvalue weighted by molar-refractivity contribution is -0.133. The summed E-state index contributed by atoms with van der Waals surface area (Å²) in [4.78, 5) is 23.8. The van der Waals surface area contributed by atoms with Crippen molar-refractivity contribution in [1.82, 2.24) is 0 Å². The van der Waals surface area contributed by atoms with Crippen LogP contribution in [-0.4, -0.2) is 16.9 Å². The third kappa shape index (κ3) is 3.69. The molecule has 2 amide bonds. The Morgan fingerprint density at radius 2 is 1.64 bits per heavy atom. The molecule has 0 aliphatic rings. The van der Waals surface area contributed by atoms with E-state index in [1.165, 1.54) is 18.2 Å². The molecule has 0 aliphatic heterocycles. The summed E-state index contributed by atoms with van der Waals surface area (Å²) in [5.74, 6) is -2.01. The number of aromatic hydroxyl groups is 1. The second kappa shape index (κ2) is 6.68. The smallest absolute Gasteiger partial charge is 0.314 e. The van der Waals surface area contributed by atoms with Gasteiger partial charge in [0.2, 0.25) is 0 Å². The van der Waals surface area contributed by atoms with Crippen LogP contribution >= 0.6 is 23.2 Å². The molecule has 5 nitrogen and oxygen atoms in total. The highest BCUT2D eigenvalue weighted by molar-refractivity contribution is 6.44. The summed E-state index contributed by atoms with van der Waals surface area (Å²) in [6.07, 6.45) is 0. The Balaban J connectivity index is 2.11. The summed E-state index contributed by atoms with van der Waals surface area (Å²) in [7, 11) is 0. The van der Waals surface area contributed by atoms with Crippen LogP contribution in [0, 0.1) is 6.92 Å². The van der Waals surface area contributed by atoms with Crippen LogP contribution in [0.5, 0.6) is 5.75 Å². The zero-order valence-corrected chi connectivity index (χ0v) is 13.0. The van der Waals surface area contributed by atoms with E-state index in [0.29, 0.717) is 21.3 Å². The highest BCUT2D eigenvalue weighted by Gasteiger charge is 2.17. The fourth-order valence-corrected chi connectivity index (χ4v) is 2.06. The van der Waals surface area contributed by atoms with Gasteiger partial charge in [-0.25, -0.2) is 0 Å². The molecule has 0 aliphatic carbocycles. The van der Waals surface area contributed by atoms with Gasteiger partial charge < -0.3 is 15.7 Å². The molecular weight excluding hydrogens is 327 g/mol. The maximum atomic E-state index is 11.9. The number of hydrogen-bond donors (Lipinski definition) is 3. The zero-order chi connectivity index (χ0) is 16.3. The summed E-state index contributed by atoms with van der Waals surface area (Å²) in [5, 5.41) is 15.2. The first-order chi connectivity index (χ1) is 10.4. The van der Waals surface area contributed by atoms with Crippen molar-refractivity contribution in [3.8, 4) is 5.75 Å². The Morgan fingerprint density at radius 1 is 1.00 bits per heavy atom. The summed E-state index contributed by atoms with van der Waals surface area (Å²) in [6.45, 7) is 1.72. The van der Waals surface area contributed by atoms with Gasteiger partial charge in [0, 0.05) is 15.7 Å². The van der Waals surface area contributed by atoms with Crippen LogP contribution in [0.25, 0.3) is 0 Å². The quantitative estimate of drug-likeness (QED) is 0.578. The largest absolute Gasteiger partial charge is 0.506 e. The van der Waals surface area contributed by atoms with E-state index in [1.807, 2.05) is 0 Å². The van der Waals surface area contributed by atoms with Crippen LogP contribution in [-0.2, 0) is 9.59 Å². The number of nitrogens with one attached hydrogen (secondary N) is 2. The first-order valence-corrected chi connectivity index (χ1v) is 7.00. The number of amides is 2. The number of benzene rings is 2. The molecule has 2 aromatic carbocycles. The molecule has 0 saturated carbocycles. The van der Waals surface area contributed by atoms with Crippen LogP contribution < -0.4 is 10.6 Å². The van der Waals surface area contributed by atoms with Crippen molar-refractivity contribution >= 4 is 46.4 Å². The van der Waals surface area contributed by atoms with E-state index < -0.39 is 11.8 Å². The van der Waals surface area contributed by atoms with E-state index in [-0.39, 0.29) is 11.4 Å². The van der Waals surface area contributed by atoms with Crippen molar-refractivity contribution in [3.63, 3.8) is 0 Å². The Hall–Kier alpha value is -2.24. The van der Waals surface area contributed by atoms with Crippen molar-refractivity contribution in [2.45, 2.75) is 6.92 Å². The number of carbonyl (C=O) groups excluding carboxylic acids is 2. The van der Waals surface area contributed by atoms with Gasteiger partial charge >= 0.3 is 11.8 Å². The van der Waals surface area contributed by atoms with Gasteiger partial charge in [-0.1, -0.05) is 29.3 Å². The second-order valence-electron chi connectivity index (χ2n) is 4.48. The number of carbonyl (C=O) groups is 2. The standard InChI is InChI=1S/C15H12Cl2N2O3/c1-8-10(17)3-2-4-11(8)18-14(21)15(22)19-12-7-9(16)5-6-13(12)20/h2-7,20H,1H3,(H,18,21)(H,19,22). The van der Waals surface area contributed by atoms with Crippen molar-refractivity contribution < 1.29 is 14.7 Å². The fourth-order valence-electron chi connectivity index (χ4n) is 1.71.